The predicted molar refractivity (Wildman–Crippen MR) is 231 cm³/mol. The number of nitrogens with two attached hydrogens (primary N) is 4. The van der Waals surface area contributed by atoms with Gasteiger partial charge in [-0.1, -0.05) is 67.1 Å². The summed E-state index contributed by atoms with van der Waals surface area (Å²) in [5.41, 5.74) is 23.5. The third-order valence-corrected chi connectivity index (χ3v) is 9.81. The molecular formula is C42H62N10O12. The van der Waals surface area contributed by atoms with Crippen LogP contribution >= 0.6 is 0 Å². The van der Waals surface area contributed by atoms with Gasteiger partial charge in [0.2, 0.25) is 41.4 Å². The molecule has 0 saturated carbocycles. The molecule has 22 heteroatoms. The Morgan fingerprint density at radius 2 is 0.953 bits per heavy atom. The van der Waals surface area contributed by atoms with Crippen molar-refractivity contribution in [3.05, 3.63) is 71.8 Å². The van der Waals surface area contributed by atoms with Gasteiger partial charge < -0.3 is 70.2 Å². The van der Waals surface area contributed by atoms with E-state index >= 15 is 0 Å². The molecule has 2 rings (SSSR count). The van der Waals surface area contributed by atoms with Crippen LogP contribution in [0.4, 0.5) is 0 Å². The molecule has 0 unspecified atom stereocenters. The van der Waals surface area contributed by atoms with Crippen LogP contribution in [0, 0.1) is 0 Å². The number of carboxylic acid groups (broad SMARTS) is 2. The summed E-state index contributed by atoms with van der Waals surface area (Å²) in [6.45, 7) is 1.82. The van der Waals surface area contributed by atoms with Crippen LogP contribution in [-0.4, -0.2) is 130 Å². The Hall–Kier alpha value is -6.49. The second-order valence-corrected chi connectivity index (χ2v) is 15.2. The van der Waals surface area contributed by atoms with E-state index in [2.05, 4.69) is 31.9 Å². The Bertz CT molecular complexity index is 1870. The number of aliphatic carboxylic acids is 2. The van der Waals surface area contributed by atoms with Gasteiger partial charge >= 0.3 is 11.9 Å². The molecule has 0 radical (unpaired) electrons. The van der Waals surface area contributed by atoms with Crippen molar-refractivity contribution < 1.29 is 58.5 Å². The van der Waals surface area contributed by atoms with E-state index in [0.717, 1.165) is 6.92 Å². The Kier molecular flexibility index (Phi) is 23.7. The zero-order valence-corrected chi connectivity index (χ0v) is 35.7. The maximum absolute atomic E-state index is 14.0. The van der Waals surface area contributed by atoms with E-state index in [0.29, 0.717) is 56.3 Å². The minimum absolute atomic E-state index is 0.123. The summed E-state index contributed by atoms with van der Waals surface area (Å²) >= 11 is 0. The quantitative estimate of drug-likeness (QED) is 0.0343. The summed E-state index contributed by atoms with van der Waals surface area (Å²) in [4.78, 5) is 117. The number of rotatable bonds is 30. The van der Waals surface area contributed by atoms with Gasteiger partial charge in [-0.15, -0.1) is 0 Å². The maximum atomic E-state index is 14.0. The third-order valence-electron chi connectivity index (χ3n) is 9.81. The van der Waals surface area contributed by atoms with Gasteiger partial charge in [-0.05, 0) is 63.2 Å². The van der Waals surface area contributed by atoms with Gasteiger partial charge in [0.05, 0.1) is 25.0 Å². The van der Waals surface area contributed by atoms with Crippen LogP contribution < -0.4 is 54.8 Å². The standard InChI is InChI=1S/C42H62N10O12/c1-24(53)35(41(62)50-30(21-26-14-6-3-7-15-26)39(60)51-32(42(63)64)22-33(46)54)52-40(61)31(23-34(55)56)49-38(59)29(20-25-12-4-2-5-13-25)48-37(58)28(17-9-11-19-44)47-36(57)27(45)16-8-10-18-43/h2-7,12-15,24,27-32,35,53H,8-11,16-23,43-45H2,1H3,(H2,46,54)(H,47,57)(H,48,58)(H,49,59)(H,50,62)(H,51,60)(H,52,61)(H,55,56)(H,63,64)/t24-,27+,28+,29+,30+,31+,32+,35+/m1/s1. The minimum Gasteiger partial charge on any atom is -0.481 e. The van der Waals surface area contributed by atoms with E-state index in [9.17, 15) is 58.5 Å². The van der Waals surface area contributed by atoms with Gasteiger partial charge in [-0.3, -0.25) is 38.4 Å². The lowest BCUT2D eigenvalue weighted by atomic mass is 10.0. The first-order chi connectivity index (χ1) is 30.4. The fraction of sp³-hybridized carbons (Fsp3) is 0.500. The molecular weight excluding hydrogens is 837 g/mol. The van der Waals surface area contributed by atoms with Gasteiger partial charge in [0.15, 0.2) is 0 Å². The minimum atomic E-state index is -1.91. The molecule has 0 spiro atoms. The first-order valence-electron chi connectivity index (χ1n) is 20.8. The summed E-state index contributed by atoms with van der Waals surface area (Å²) < 4.78 is 0. The number of unbranched alkanes of at least 4 members (excludes halogenated alkanes) is 2. The van der Waals surface area contributed by atoms with Gasteiger partial charge in [0.25, 0.3) is 0 Å². The largest absolute Gasteiger partial charge is 0.481 e. The molecule has 0 aromatic heterocycles. The molecule has 352 valence electrons. The Labute approximate surface area is 370 Å². The average Bonchev–Trinajstić information content (AvgIpc) is 3.24. The molecule has 64 heavy (non-hydrogen) atoms. The number of primary amides is 1. The number of carbonyl (C=O) groups excluding carboxylic acids is 7. The zero-order valence-electron chi connectivity index (χ0n) is 35.7. The number of amides is 7. The molecule has 0 aliphatic rings. The lowest BCUT2D eigenvalue weighted by molar-refractivity contribution is -0.144. The molecule has 0 fully saturated rings. The average molecular weight is 899 g/mol. The molecule has 0 heterocycles. The van der Waals surface area contributed by atoms with Crippen LogP contribution in [0.5, 0.6) is 0 Å². The molecule has 2 aromatic rings. The number of nitrogens with one attached hydrogen (secondary N) is 6. The Balaban J connectivity index is 2.40. The monoisotopic (exact) mass is 898 g/mol. The summed E-state index contributed by atoms with van der Waals surface area (Å²) in [6.07, 6.45) is -1.33. The highest BCUT2D eigenvalue weighted by Gasteiger charge is 2.36. The summed E-state index contributed by atoms with van der Waals surface area (Å²) in [5.74, 6) is -10.1. The molecule has 0 bridgehead atoms. The molecule has 17 N–H and O–H groups in total. The third kappa shape index (κ3) is 19.7. The first kappa shape index (κ1) is 53.6. The second kappa shape index (κ2) is 28.2. The number of aliphatic hydroxyl groups is 1. The van der Waals surface area contributed by atoms with E-state index in [4.69, 9.17) is 22.9 Å². The van der Waals surface area contributed by atoms with Crippen LogP contribution in [-0.2, 0) is 56.0 Å². The number of carboxylic acids is 2. The molecule has 22 nitrogen and oxygen atoms in total. The molecule has 0 saturated heterocycles. The normalized spacial score (nSPS) is 14.7. The van der Waals surface area contributed by atoms with E-state index in [1.807, 2.05) is 0 Å². The van der Waals surface area contributed by atoms with Crippen molar-refractivity contribution >= 4 is 53.3 Å². The second-order valence-electron chi connectivity index (χ2n) is 15.2. The van der Waals surface area contributed by atoms with Gasteiger partial charge in [-0.25, -0.2) is 4.79 Å². The van der Waals surface area contributed by atoms with E-state index in [1.54, 1.807) is 60.7 Å². The smallest absolute Gasteiger partial charge is 0.326 e. The summed E-state index contributed by atoms with van der Waals surface area (Å²) in [5, 5.41) is 44.3. The van der Waals surface area contributed by atoms with Crippen molar-refractivity contribution in [3.63, 3.8) is 0 Å². The highest BCUT2D eigenvalue weighted by molar-refractivity contribution is 5.98. The number of hydrogen-bond acceptors (Lipinski definition) is 13. The summed E-state index contributed by atoms with van der Waals surface area (Å²) in [7, 11) is 0. The first-order valence-corrected chi connectivity index (χ1v) is 20.8. The molecule has 0 aliphatic carbocycles. The van der Waals surface area contributed by atoms with E-state index in [-0.39, 0.29) is 19.3 Å². The van der Waals surface area contributed by atoms with Crippen LogP contribution in [0.2, 0.25) is 0 Å². The van der Waals surface area contributed by atoms with Crippen LogP contribution in [0.3, 0.4) is 0 Å². The maximum Gasteiger partial charge on any atom is 0.326 e. The van der Waals surface area contributed by atoms with Gasteiger partial charge in [0.1, 0.15) is 36.3 Å². The van der Waals surface area contributed by atoms with Crippen LogP contribution in [0.25, 0.3) is 0 Å². The van der Waals surface area contributed by atoms with Crippen molar-refractivity contribution in [2.75, 3.05) is 13.1 Å². The Morgan fingerprint density at radius 3 is 1.41 bits per heavy atom. The van der Waals surface area contributed by atoms with Crippen LogP contribution in [0.15, 0.2) is 60.7 Å². The highest BCUT2D eigenvalue weighted by Crippen LogP contribution is 2.10. The lowest BCUT2D eigenvalue weighted by Gasteiger charge is -2.28. The van der Waals surface area contributed by atoms with Gasteiger partial charge in [-0.2, -0.15) is 0 Å². The SMILES string of the molecule is C[C@@H](O)[C@H](NC(=O)[C@H](CC(=O)O)NC(=O)[C@H](Cc1ccccc1)NC(=O)[C@H](CCCCN)NC(=O)[C@@H](N)CCCCN)C(=O)N[C@@H](Cc1ccccc1)C(=O)N[C@@H](CC(N)=O)C(=O)O. The number of benzene rings is 2. The van der Waals surface area contributed by atoms with E-state index < -0.39 is 115 Å². The number of carbonyl (C=O) groups is 9. The molecule has 8 atom stereocenters. The van der Waals surface area contributed by atoms with Crippen molar-refractivity contribution in [2.45, 2.75) is 120 Å². The fourth-order valence-corrected chi connectivity index (χ4v) is 6.32. The van der Waals surface area contributed by atoms with E-state index in [1.165, 1.54) is 0 Å². The summed E-state index contributed by atoms with van der Waals surface area (Å²) in [6, 6.07) is 5.86. The fourth-order valence-electron chi connectivity index (χ4n) is 6.32. The van der Waals surface area contributed by atoms with Crippen LogP contribution in [0.1, 0.15) is 69.4 Å². The zero-order chi connectivity index (χ0) is 47.8. The van der Waals surface area contributed by atoms with Gasteiger partial charge in [0, 0.05) is 12.8 Å². The van der Waals surface area contributed by atoms with Crippen molar-refractivity contribution in [1.82, 2.24) is 31.9 Å². The molecule has 7 amide bonds. The molecule has 2 aromatic carbocycles. The predicted octanol–water partition coefficient (Wildman–Crippen LogP) is -3.22. The number of aliphatic hydroxyl groups excluding tert-OH is 1. The molecule has 0 aliphatic heterocycles. The van der Waals surface area contributed by atoms with Crippen molar-refractivity contribution in [2.24, 2.45) is 22.9 Å². The van der Waals surface area contributed by atoms with Crippen molar-refractivity contribution in [3.8, 4) is 0 Å². The Morgan fingerprint density at radius 1 is 0.531 bits per heavy atom. The highest BCUT2D eigenvalue weighted by atomic mass is 16.4. The van der Waals surface area contributed by atoms with Crippen molar-refractivity contribution in [1.29, 1.82) is 0 Å². The lowest BCUT2D eigenvalue weighted by Crippen LogP contribution is -2.62. The number of hydrogen-bond donors (Lipinski definition) is 13. The topological polar surface area (TPSA) is 391 Å².